The van der Waals surface area contributed by atoms with E-state index in [2.05, 4.69) is 15.9 Å². The Morgan fingerprint density at radius 3 is 2.40 bits per heavy atom. The van der Waals surface area contributed by atoms with Gasteiger partial charge in [0.1, 0.15) is 5.75 Å². The number of aryl methyl sites for hydroxylation is 1. The predicted molar refractivity (Wildman–Crippen MR) is 116 cm³/mol. The third kappa shape index (κ3) is 3.56. The van der Waals surface area contributed by atoms with Crippen molar-refractivity contribution in [3.63, 3.8) is 0 Å². The van der Waals surface area contributed by atoms with E-state index in [-0.39, 0.29) is 22.5 Å². The van der Waals surface area contributed by atoms with Crippen molar-refractivity contribution in [3.8, 4) is 5.75 Å². The maximum Gasteiger partial charge on any atom is 0.336 e. The number of ether oxygens (including phenoxy) is 2. The molecule has 1 N–H and O–H groups in total. The summed E-state index contributed by atoms with van der Waals surface area (Å²) in [5, 5.41) is 11.0. The van der Waals surface area contributed by atoms with Gasteiger partial charge in [-0.25, -0.2) is 9.59 Å². The van der Waals surface area contributed by atoms with Crippen molar-refractivity contribution >= 4 is 45.4 Å². The maximum absolute atomic E-state index is 13.5. The van der Waals surface area contributed by atoms with Crippen molar-refractivity contribution in [1.29, 1.82) is 0 Å². The fourth-order valence-electron chi connectivity index (χ4n) is 3.37. The number of carbonyl (C=O) groups excluding carboxylic acids is 3. The summed E-state index contributed by atoms with van der Waals surface area (Å²) in [7, 11) is 2.44. The minimum Gasteiger partial charge on any atom is -0.506 e. The van der Waals surface area contributed by atoms with Gasteiger partial charge in [0.2, 0.25) is 0 Å². The van der Waals surface area contributed by atoms with Crippen LogP contribution in [-0.4, -0.2) is 48.0 Å². The Balaban J connectivity index is 2.26. The number of phenols is 1. The van der Waals surface area contributed by atoms with Crippen LogP contribution in [0.25, 0.3) is 0 Å². The second-order valence-corrected chi connectivity index (χ2v) is 8.88. The van der Waals surface area contributed by atoms with Crippen molar-refractivity contribution in [3.05, 3.63) is 60.6 Å². The number of thioether (sulfide) groups is 1. The summed E-state index contributed by atoms with van der Waals surface area (Å²) < 4.78 is 10.2. The normalized spacial score (nSPS) is 18.3. The van der Waals surface area contributed by atoms with Crippen LogP contribution in [0.15, 0.2) is 49.5 Å². The molecule has 0 amide bonds. The van der Waals surface area contributed by atoms with Gasteiger partial charge in [-0.15, -0.1) is 0 Å². The Bertz CT molecular complexity index is 1070. The number of allylic oxidation sites excluding steroid dienone is 4. The molecule has 7 nitrogen and oxygen atoms in total. The number of phenolic OH excluding ortho intramolecular Hbond substituents is 1. The molecule has 0 saturated carbocycles. The Hall–Kier alpha value is -2.52. The average Bonchev–Trinajstić information content (AvgIpc) is 3.02. The molecular weight excluding hydrogens is 474 g/mol. The van der Waals surface area contributed by atoms with Crippen LogP contribution in [0.4, 0.5) is 0 Å². The molecule has 1 atom stereocenters. The van der Waals surface area contributed by atoms with Crippen LogP contribution in [0.2, 0.25) is 0 Å². The number of rotatable bonds is 4. The summed E-state index contributed by atoms with van der Waals surface area (Å²) in [4.78, 5) is 41.1. The molecule has 9 heteroatoms. The number of Topliss-reactive ketones (excluding diaryl/α,β-unsaturated/α-hetero) is 1. The summed E-state index contributed by atoms with van der Waals surface area (Å²) in [6, 6.07) is 2.20. The van der Waals surface area contributed by atoms with E-state index in [0.29, 0.717) is 9.50 Å². The van der Waals surface area contributed by atoms with Crippen molar-refractivity contribution in [2.45, 2.75) is 26.8 Å². The molecule has 0 saturated heterocycles. The van der Waals surface area contributed by atoms with Gasteiger partial charge in [-0.1, -0.05) is 11.8 Å². The molecule has 0 radical (unpaired) electrons. The largest absolute Gasteiger partial charge is 0.506 e. The molecule has 0 aliphatic carbocycles. The Kier molecular flexibility index (Phi) is 6.14. The number of methoxy groups -OCH3 is 2. The molecular formula is C21H20BrNO6S. The molecule has 1 aromatic rings. The number of hydrogen-bond acceptors (Lipinski definition) is 8. The molecule has 158 valence electrons. The highest BCUT2D eigenvalue weighted by atomic mass is 79.9. The predicted octanol–water partition coefficient (Wildman–Crippen LogP) is 3.81. The first-order valence-corrected chi connectivity index (χ1v) is 10.5. The zero-order valence-corrected chi connectivity index (χ0v) is 19.4. The number of nitrogens with zero attached hydrogens (tertiary/aromatic N) is 1. The molecule has 2 heterocycles. The van der Waals surface area contributed by atoms with Crippen molar-refractivity contribution in [2.24, 2.45) is 0 Å². The number of aromatic hydroxyl groups is 1. The smallest absolute Gasteiger partial charge is 0.336 e. The molecule has 1 aromatic carbocycles. The van der Waals surface area contributed by atoms with Crippen LogP contribution in [0.3, 0.4) is 0 Å². The van der Waals surface area contributed by atoms with E-state index < -0.39 is 23.8 Å². The quantitative estimate of drug-likeness (QED) is 0.499. The second kappa shape index (κ2) is 8.31. The fraction of sp³-hybridized carbons (Fsp3) is 0.286. The monoisotopic (exact) mass is 493 g/mol. The molecule has 3 rings (SSSR count). The topological polar surface area (TPSA) is 93.1 Å². The van der Waals surface area contributed by atoms with Crippen LogP contribution in [0.5, 0.6) is 5.75 Å². The van der Waals surface area contributed by atoms with E-state index >= 15 is 0 Å². The number of halogens is 1. The van der Waals surface area contributed by atoms with Gasteiger partial charge in [0.25, 0.3) is 0 Å². The zero-order chi connectivity index (χ0) is 22.3. The van der Waals surface area contributed by atoms with Crippen molar-refractivity contribution in [2.75, 3.05) is 14.2 Å². The van der Waals surface area contributed by atoms with Gasteiger partial charge in [0.05, 0.1) is 40.4 Å². The van der Waals surface area contributed by atoms with Gasteiger partial charge in [0, 0.05) is 10.6 Å². The molecule has 0 fully saturated rings. The summed E-state index contributed by atoms with van der Waals surface area (Å²) in [6.45, 7) is 5.46. The van der Waals surface area contributed by atoms with E-state index in [0.717, 1.165) is 16.2 Å². The Morgan fingerprint density at radius 1 is 1.13 bits per heavy atom. The average molecular weight is 494 g/mol. The SMILES string of the molecule is COC(=O)C1=CC(C(=O)c2cc(C)cc(Br)c2O)=C2SC(C)=C(C)N2C1C(=O)OC. The van der Waals surface area contributed by atoms with Crippen LogP contribution >= 0.6 is 27.7 Å². The fourth-order valence-corrected chi connectivity index (χ4v) is 5.08. The first kappa shape index (κ1) is 22.2. The zero-order valence-electron chi connectivity index (χ0n) is 17.0. The maximum atomic E-state index is 13.5. The minimum absolute atomic E-state index is 0.0164. The number of benzene rings is 1. The molecule has 0 aromatic heterocycles. The lowest BCUT2D eigenvalue weighted by Crippen LogP contribution is -2.44. The first-order chi connectivity index (χ1) is 14.1. The van der Waals surface area contributed by atoms with Gasteiger partial charge in [-0.05, 0) is 60.5 Å². The van der Waals surface area contributed by atoms with Gasteiger partial charge in [0.15, 0.2) is 11.8 Å². The number of esters is 2. The molecule has 0 spiro atoms. The Morgan fingerprint density at radius 2 is 1.80 bits per heavy atom. The second-order valence-electron chi connectivity index (χ2n) is 6.82. The third-order valence-electron chi connectivity index (χ3n) is 4.97. The van der Waals surface area contributed by atoms with Gasteiger partial charge >= 0.3 is 11.9 Å². The van der Waals surface area contributed by atoms with E-state index in [9.17, 15) is 19.5 Å². The molecule has 0 bridgehead atoms. The van der Waals surface area contributed by atoms with E-state index in [1.54, 1.807) is 30.9 Å². The highest BCUT2D eigenvalue weighted by Gasteiger charge is 2.45. The first-order valence-electron chi connectivity index (χ1n) is 8.92. The van der Waals surface area contributed by atoms with E-state index in [1.165, 1.54) is 32.1 Å². The van der Waals surface area contributed by atoms with Crippen LogP contribution in [0, 0.1) is 6.92 Å². The highest BCUT2D eigenvalue weighted by molar-refractivity contribution is 9.10. The summed E-state index contributed by atoms with van der Waals surface area (Å²) in [6.07, 6.45) is 1.36. The highest BCUT2D eigenvalue weighted by Crippen LogP contribution is 2.48. The molecule has 2 aliphatic heterocycles. The van der Waals surface area contributed by atoms with Crippen molar-refractivity contribution < 1.29 is 29.0 Å². The van der Waals surface area contributed by atoms with E-state index in [4.69, 9.17) is 9.47 Å². The Labute approximate surface area is 186 Å². The third-order valence-corrected chi connectivity index (χ3v) is 6.78. The lowest BCUT2D eigenvalue weighted by molar-refractivity contribution is -0.147. The molecule has 30 heavy (non-hydrogen) atoms. The van der Waals surface area contributed by atoms with Gasteiger partial charge in [-0.3, -0.25) is 4.79 Å². The summed E-state index contributed by atoms with van der Waals surface area (Å²) >= 11 is 4.58. The van der Waals surface area contributed by atoms with E-state index in [1.807, 2.05) is 6.92 Å². The van der Waals surface area contributed by atoms with Crippen molar-refractivity contribution in [1.82, 2.24) is 4.90 Å². The standard InChI is InChI=1S/C21H20BrNO6S/c1-9-6-13(18(25)15(22)7-9)17(24)14-8-12(20(26)28-4)16(21(27)29-5)23-10(2)11(3)30-19(14)23/h6-8,16,25H,1-5H3. The number of carbonyl (C=O) groups is 3. The lowest BCUT2D eigenvalue weighted by atomic mass is 9.93. The van der Waals surface area contributed by atoms with Gasteiger partial charge < -0.3 is 19.5 Å². The summed E-state index contributed by atoms with van der Waals surface area (Å²) in [5.74, 6) is -2.06. The number of hydrogen-bond donors (Lipinski definition) is 1. The summed E-state index contributed by atoms with van der Waals surface area (Å²) in [5.41, 5.74) is 1.75. The molecule has 1 unspecified atom stereocenters. The lowest BCUT2D eigenvalue weighted by Gasteiger charge is -2.34. The van der Waals surface area contributed by atoms with Gasteiger partial charge in [-0.2, -0.15) is 0 Å². The van der Waals surface area contributed by atoms with Crippen LogP contribution < -0.4 is 0 Å². The minimum atomic E-state index is -1.07. The number of fused-ring (bicyclic) bond motifs is 1. The molecule has 2 aliphatic rings. The van der Waals surface area contributed by atoms with Crippen LogP contribution in [-0.2, 0) is 19.1 Å². The van der Waals surface area contributed by atoms with Crippen LogP contribution in [0.1, 0.15) is 29.8 Å². The number of ketones is 1.